The van der Waals surface area contributed by atoms with Gasteiger partial charge in [0.1, 0.15) is 0 Å². The molecular formula is C13H14Cl2O3. The first kappa shape index (κ1) is 15.0. The first-order valence-corrected chi connectivity index (χ1v) is 6.49. The van der Waals surface area contributed by atoms with Crippen molar-refractivity contribution in [3.63, 3.8) is 0 Å². The summed E-state index contributed by atoms with van der Waals surface area (Å²) in [7, 11) is 0. The molecule has 0 aliphatic heterocycles. The van der Waals surface area contributed by atoms with Crippen LogP contribution in [0.4, 0.5) is 0 Å². The monoisotopic (exact) mass is 288 g/mol. The molecule has 1 aromatic rings. The number of carbonyl (C=O) groups excluding carboxylic acids is 2. The summed E-state index contributed by atoms with van der Waals surface area (Å²) >= 11 is 11.7. The number of ether oxygens (including phenoxy) is 1. The molecule has 98 valence electrons. The molecule has 0 heterocycles. The zero-order valence-electron chi connectivity index (χ0n) is 10.0. The highest BCUT2D eigenvalue weighted by molar-refractivity contribution is 6.36. The van der Waals surface area contributed by atoms with Gasteiger partial charge in [-0.1, -0.05) is 43.0 Å². The fraction of sp³-hybridized carbons (Fsp3) is 0.385. The Balaban J connectivity index is 2.77. The van der Waals surface area contributed by atoms with E-state index < -0.39 is 5.97 Å². The number of halogens is 2. The van der Waals surface area contributed by atoms with Gasteiger partial charge in [-0.05, 0) is 18.6 Å². The number of hydrogen-bond acceptors (Lipinski definition) is 3. The summed E-state index contributed by atoms with van der Waals surface area (Å²) in [6.45, 7) is 2.05. The number of rotatable bonds is 6. The van der Waals surface area contributed by atoms with Crippen LogP contribution < -0.4 is 4.74 Å². The third kappa shape index (κ3) is 4.31. The van der Waals surface area contributed by atoms with Crippen LogP contribution in [0.2, 0.25) is 10.0 Å². The van der Waals surface area contributed by atoms with Gasteiger partial charge in [0, 0.05) is 11.4 Å². The summed E-state index contributed by atoms with van der Waals surface area (Å²) in [6.07, 6.45) is 3.62. The molecule has 18 heavy (non-hydrogen) atoms. The van der Waals surface area contributed by atoms with Gasteiger partial charge in [-0.2, -0.15) is 0 Å². The highest BCUT2D eigenvalue weighted by atomic mass is 35.5. The molecule has 1 rings (SSSR count). The number of carbonyl (C=O) groups is 2. The lowest BCUT2D eigenvalue weighted by Gasteiger charge is -2.09. The smallest absolute Gasteiger partial charge is 0.311 e. The van der Waals surface area contributed by atoms with Crippen LogP contribution >= 0.6 is 23.2 Å². The zero-order valence-corrected chi connectivity index (χ0v) is 11.6. The van der Waals surface area contributed by atoms with Gasteiger partial charge >= 0.3 is 5.97 Å². The van der Waals surface area contributed by atoms with E-state index in [-0.39, 0.29) is 16.3 Å². The molecule has 0 fully saturated rings. The van der Waals surface area contributed by atoms with Crippen molar-refractivity contribution >= 4 is 35.5 Å². The Morgan fingerprint density at radius 1 is 1.33 bits per heavy atom. The van der Waals surface area contributed by atoms with Gasteiger partial charge in [-0.3, -0.25) is 9.59 Å². The lowest BCUT2D eigenvalue weighted by molar-refractivity contribution is -0.134. The van der Waals surface area contributed by atoms with E-state index in [1.54, 1.807) is 0 Å². The maximum Gasteiger partial charge on any atom is 0.311 e. The van der Waals surface area contributed by atoms with Gasteiger partial charge in [0.05, 0.1) is 10.6 Å². The zero-order chi connectivity index (χ0) is 13.5. The average molecular weight is 289 g/mol. The van der Waals surface area contributed by atoms with E-state index in [9.17, 15) is 9.59 Å². The molecule has 0 aliphatic carbocycles. The Hall–Kier alpha value is -1.06. The highest BCUT2D eigenvalue weighted by Gasteiger charge is 2.14. The minimum Gasteiger partial charge on any atom is -0.424 e. The molecule has 0 bridgehead atoms. The molecule has 0 N–H and O–H groups in total. The van der Waals surface area contributed by atoms with Crippen LogP contribution in [0.3, 0.4) is 0 Å². The number of hydrogen-bond donors (Lipinski definition) is 0. The van der Waals surface area contributed by atoms with Crippen molar-refractivity contribution in [2.75, 3.05) is 0 Å². The standard InChI is InChI=1S/C13H14Cl2O3/c1-2-3-4-5-12(17)18-13-9(8-16)6-10(14)7-11(13)15/h6-8H,2-5H2,1H3. The van der Waals surface area contributed by atoms with E-state index in [2.05, 4.69) is 0 Å². The fourth-order valence-corrected chi connectivity index (χ4v) is 2.01. The SMILES string of the molecule is CCCCCC(=O)Oc1c(Cl)cc(Cl)cc1C=O. The lowest BCUT2D eigenvalue weighted by Crippen LogP contribution is -2.09. The second-order valence-corrected chi connectivity index (χ2v) is 4.70. The van der Waals surface area contributed by atoms with Gasteiger partial charge in [-0.25, -0.2) is 0 Å². The van der Waals surface area contributed by atoms with E-state index in [4.69, 9.17) is 27.9 Å². The fourth-order valence-electron chi connectivity index (χ4n) is 1.46. The Morgan fingerprint density at radius 3 is 2.67 bits per heavy atom. The summed E-state index contributed by atoms with van der Waals surface area (Å²) in [6, 6.07) is 2.85. The Morgan fingerprint density at radius 2 is 2.06 bits per heavy atom. The molecule has 1 aromatic carbocycles. The maximum absolute atomic E-state index is 11.6. The molecule has 0 unspecified atom stereocenters. The van der Waals surface area contributed by atoms with Crippen molar-refractivity contribution in [2.45, 2.75) is 32.6 Å². The van der Waals surface area contributed by atoms with Gasteiger partial charge in [0.2, 0.25) is 0 Å². The minimum atomic E-state index is -0.393. The molecule has 0 aromatic heterocycles. The summed E-state index contributed by atoms with van der Waals surface area (Å²) < 4.78 is 5.11. The number of unbranched alkanes of at least 4 members (excludes halogenated alkanes) is 2. The second kappa shape index (κ2) is 7.39. The summed E-state index contributed by atoms with van der Waals surface area (Å²) in [5.74, 6) is -0.312. The molecule has 0 saturated heterocycles. The Bertz CT molecular complexity index is 444. The number of benzene rings is 1. The van der Waals surface area contributed by atoms with Gasteiger partial charge < -0.3 is 4.74 Å². The van der Waals surface area contributed by atoms with E-state index in [0.717, 1.165) is 19.3 Å². The van der Waals surface area contributed by atoms with E-state index in [1.165, 1.54) is 12.1 Å². The largest absolute Gasteiger partial charge is 0.424 e. The van der Waals surface area contributed by atoms with Crippen molar-refractivity contribution in [3.05, 3.63) is 27.7 Å². The van der Waals surface area contributed by atoms with Gasteiger partial charge in [-0.15, -0.1) is 0 Å². The molecule has 0 amide bonds. The summed E-state index contributed by atoms with van der Waals surface area (Å²) in [5.41, 5.74) is 0.177. The van der Waals surface area contributed by atoms with Crippen LogP contribution in [-0.4, -0.2) is 12.3 Å². The van der Waals surface area contributed by atoms with Gasteiger partial charge in [0.25, 0.3) is 0 Å². The average Bonchev–Trinajstić information content (AvgIpc) is 2.32. The van der Waals surface area contributed by atoms with Crippen molar-refractivity contribution in [3.8, 4) is 5.75 Å². The van der Waals surface area contributed by atoms with E-state index in [1.807, 2.05) is 6.92 Å². The third-order valence-corrected chi connectivity index (χ3v) is 2.86. The summed E-state index contributed by atoms with van der Waals surface area (Å²) in [4.78, 5) is 22.4. The minimum absolute atomic E-state index is 0.0811. The van der Waals surface area contributed by atoms with Crippen molar-refractivity contribution < 1.29 is 14.3 Å². The predicted octanol–water partition coefficient (Wildman–Crippen LogP) is 4.29. The van der Waals surface area contributed by atoms with Crippen LogP contribution in [0.5, 0.6) is 5.75 Å². The summed E-state index contributed by atoms with van der Waals surface area (Å²) in [5, 5.41) is 0.487. The quantitative estimate of drug-likeness (QED) is 0.339. The Kier molecular flexibility index (Phi) is 6.16. The normalized spacial score (nSPS) is 10.2. The highest BCUT2D eigenvalue weighted by Crippen LogP contribution is 2.31. The van der Waals surface area contributed by atoms with Crippen molar-refractivity contribution in [1.82, 2.24) is 0 Å². The predicted molar refractivity (Wildman–Crippen MR) is 71.6 cm³/mol. The van der Waals surface area contributed by atoms with Crippen molar-refractivity contribution in [1.29, 1.82) is 0 Å². The topological polar surface area (TPSA) is 43.4 Å². The molecule has 0 radical (unpaired) electrons. The first-order valence-electron chi connectivity index (χ1n) is 5.73. The van der Waals surface area contributed by atoms with Crippen LogP contribution in [0, 0.1) is 0 Å². The van der Waals surface area contributed by atoms with Crippen LogP contribution in [0.15, 0.2) is 12.1 Å². The molecule has 3 nitrogen and oxygen atoms in total. The molecule has 5 heteroatoms. The second-order valence-electron chi connectivity index (χ2n) is 3.85. The molecule has 0 saturated carbocycles. The number of aldehydes is 1. The van der Waals surface area contributed by atoms with Crippen molar-refractivity contribution in [2.24, 2.45) is 0 Å². The van der Waals surface area contributed by atoms with Gasteiger partial charge in [0.15, 0.2) is 12.0 Å². The van der Waals surface area contributed by atoms with Crippen LogP contribution in [-0.2, 0) is 4.79 Å². The maximum atomic E-state index is 11.6. The first-order chi connectivity index (χ1) is 8.58. The lowest BCUT2D eigenvalue weighted by atomic mass is 10.2. The van der Waals surface area contributed by atoms with E-state index in [0.29, 0.717) is 17.7 Å². The molecule has 0 atom stereocenters. The Labute approximate surface area is 116 Å². The molecular weight excluding hydrogens is 275 g/mol. The van der Waals surface area contributed by atoms with Crippen LogP contribution in [0.1, 0.15) is 43.0 Å². The third-order valence-electron chi connectivity index (χ3n) is 2.36. The van der Waals surface area contributed by atoms with E-state index >= 15 is 0 Å². The number of esters is 1. The molecule has 0 aliphatic rings. The molecule has 0 spiro atoms. The van der Waals surface area contributed by atoms with Crippen LogP contribution in [0.25, 0.3) is 0 Å².